The minimum Gasteiger partial charge on any atom is -0.207 e. The summed E-state index contributed by atoms with van der Waals surface area (Å²) in [4.78, 5) is -0.272. The monoisotopic (exact) mass is 371 g/mol. The van der Waals surface area contributed by atoms with Crippen molar-refractivity contribution in [3.8, 4) is 0 Å². The third kappa shape index (κ3) is 3.35. The second kappa shape index (κ2) is 5.65. The van der Waals surface area contributed by atoms with Crippen LogP contribution in [0.15, 0.2) is 29.2 Å². The van der Waals surface area contributed by atoms with Crippen molar-refractivity contribution in [3.05, 3.63) is 29.8 Å². The first-order chi connectivity index (χ1) is 9.21. The summed E-state index contributed by atoms with van der Waals surface area (Å²) in [6, 6.07) is 3.86. The summed E-state index contributed by atoms with van der Waals surface area (Å²) in [6.07, 6.45) is -3.01. The van der Waals surface area contributed by atoms with E-state index in [1.54, 1.807) is 0 Å². The van der Waals surface area contributed by atoms with E-state index in [1.807, 2.05) is 0 Å². The minimum atomic E-state index is -4.55. The van der Waals surface area contributed by atoms with Gasteiger partial charge in [0, 0.05) is 17.9 Å². The highest BCUT2D eigenvalue weighted by Crippen LogP contribution is 2.31. The molecule has 0 N–H and O–H groups in total. The fourth-order valence-electron chi connectivity index (χ4n) is 2.09. The zero-order valence-electron chi connectivity index (χ0n) is 10.4. The lowest BCUT2D eigenvalue weighted by Gasteiger charge is -2.29. The molecule has 0 amide bonds. The van der Waals surface area contributed by atoms with Gasteiger partial charge in [0.15, 0.2) is 0 Å². The van der Waals surface area contributed by atoms with Crippen molar-refractivity contribution in [2.24, 2.45) is 0 Å². The van der Waals surface area contributed by atoms with Crippen molar-refractivity contribution >= 4 is 26.0 Å². The maximum atomic E-state index is 12.6. The summed E-state index contributed by atoms with van der Waals surface area (Å²) in [5, 5.41) is 0. The molecular weight excluding hydrogens is 359 g/mol. The number of sulfonamides is 1. The van der Waals surface area contributed by atoms with Crippen molar-refractivity contribution in [1.82, 2.24) is 4.31 Å². The maximum absolute atomic E-state index is 12.6. The first-order valence-corrected chi connectivity index (χ1v) is 8.38. The molecule has 20 heavy (non-hydrogen) atoms. The van der Waals surface area contributed by atoms with E-state index in [2.05, 4.69) is 15.9 Å². The molecule has 8 heteroatoms. The third-order valence-corrected chi connectivity index (χ3v) is 5.73. The van der Waals surface area contributed by atoms with Gasteiger partial charge in [-0.05, 0) is 31.0 Å². The Morgan fingerprint density at radius 3 is 2.60 bits per heavy atom. The zero-order valence-corrected chi connectivity index (χ0v) is 12.8. The fourth-order valence-corrected chi connectivity index (χ4v) is 4.53. The van der Waals surface area contributed by atoms with Crippen molar-refractivity contribution in [1.29, 1.82) is 0 Å². The van der Waals surface area contributed by atoms with Crippen LogP contribution in [-0.2, 0) is 16.2 Å². The molecule has 2 rings (SSSR count). The minimum absolute atomic E-state index is 0.0387. The number of benzene rings is 1. The average Bonchev–Trinajstić information content (AvgIpc) is 2.38. The molecule has 0 aromatic heterocycles. The van der Waals surface area contributed by atoms with Crippen LogP contribution >= 0.6 is 15.9 Å². The summed E-state index contributed by atoms with van der Waals surface area (Å²) in [7, 11) is -3.87. The Morgan fingerprint density at radius 1 is 1.30 bits per heavy atom. The lowest BCUT2D eigenvalue weighted by atomic mass is 10.2. The molecule has 1 aromatic rings. The zero-order chi connectivity index (χ0) is 15.0. The Labute approximate surface area is 123 Å². The Balaban J connectivity index is 2.34. The quantitative estimate of drug-likeness (QED) is 0.748. The number of hydrogen-bond donors (Lipinski definition) is 0. The number of hydrogen-bond acceptors (Lipinski definition) is 2. The second-order valence-electron chi connectivity index (χ2n) is 4.63. The van der Waals surface area contributed by atoms with Gasteiger partial charge in [-0.3, -0.25) is 0 Å². The molecule has 1 aliphatic heterocycles. The van der Waals surface area contributed by atoms with Crippen molar-refractivity contribution in [3.63, 3.8) is 0 Å². The molecule has 0 aliphatic carbocycles. The molecule has 0 saturated carbocycles. The number of alkyl halides is 4. The molecule has 1 saturated heterocycles. The van der Waals surface area contributed by atoms with E-state index in [0.717, 1.165) is 18.6 Å². The molecule has 0 spiro atoms. The van der Waals surface area contributed by atoms with Gasteiger partial charge in [0.1, 0.15) is 0 Å². The number of rotatable bonds is 2. The van der Waals surface area contributed by atoms with Gasteiger partial charge in [-0.2, -0.15) is 17.5 Å². The van der Waals surface area contributed by atoms with Crippen LogP contribution in [0.3, 0.4) is 0 Å². The largest absolute Gasteiger partial charge is 0.416 e. The van der Waals surface area contributed by atoms with E-state index < -0.39 is 21.8 Å². The highest BCUT2D eigenvalue weighted by Gasteiger charge is 2.34. The summed E-state index contributed by atoms with van der Waals surface area (Å²) in [6.45, 7) is 0.610. The highest BCUT2D eigenvalue weighted by atomic mass is 79.9. The molecule has 0 bridgehead atoms. The lowest BCUT2D eigenvalue weighted by molar-refractivity contribution is -0.137. The van der Waals surface area contributed by atoms with Gasteiger partial charge in [-0.1, -0.05) is 22.0 Å². The van der Waals surface area contributed by atoms with E-state index in [9.17, 15) is 21.6 Å². The standard InChI is InChI=1S/C12H13BrF3NO2S/c13-10-4-2-6-17(8-10)20(18,19)11-5-1-3-9(7-11)12(14,15)16/h1,3,5,7,10H,2,4,6,8H2. The molecule has 1 aromatic carbocycles. The summed E-state index contributed by atoms with van der Waals surface area (Å²) >= 11 is 3.35. The van der Waals surface area contributed by atoms with Crippen LogP contribution in [0.1, 0.15) is 18.4 Å². The smallest absolute Gasteiger partial charge is 0.207 e. The second-order valence-corrected chi connectivity index (χ2v) is 7.86. The summed E-state index contributed by atoms with van der Waals surface area (Å²) < 4.78 is 63.9. The van der Waals surface area contributed by atoms with Crippen molar-refractivity contribution < 1.29 is 21.6 Å². The van der Waals surface area contributed by atoms with Crippen LogP contribution in [0.2, 0.25) is 0 Å². The van der Waals surface area contributed by atoms with Crippen LogP contribution in [0.4, 0.5) is 13.2 Å². The number of piperidine rings is 1. The van der Waals surface area contributed by atoms with Crippen molar-refractivity contribution in [2.75, 3.05) is 13.1 Å². The Morgan fingerprint density at radius 2 is 2.00 bits per heavy atom. The Hall–Kier alpha value is -0.600. The van der Waals surface area contributed by atoms with Gasteiger partial charge in [-0.15, -0.1) is 0 Å². The van der Waals surface area contributed by atoms with Crippen molar-refractivity contribution in [2.45, 2.75) is 28.7 Å². The van der Waals surface area contributed by atoms with Crippen LogP contribution in [0.5, 0.6) is 0 Å². The molecule has 1 unspecified atom stereocenters. The Kier molecular flexibility index (Phi) is 4.46. The van der Waals surface area contributed by atoms with Crippen LogP contribution in [0, 0.1) is 0 Å². The molecule has 1 atom stereocenters. The molecule has 1 heterocycles. The van der Waals surface area contributed by atoms with E-state index >= 15 is 0 Å². The van der Waals surface area contributed by atoms with E-state index in [4.69, 9.17) is 0 Å². The maximum Gasteiger partial charge on any atom is 0.416 e. The molecule has 0 radical (unpaired) electrons. The fraction of sp³-hybridized carbons (Fsp3) is 0.500. The van der Waals surface area contributed by atoms with Gasteiger partial charge in [0.25, 0.3) is 0 Å². The summed E-state index contributed by atoms with van der Waals surface area (Å²) in [5.41, 5.74) is -0.953. The van der Waals surface area contributed by atoms with E-state index in [-0.39, 0.29) is 16.3 Å². The van der Waals surface area contributed by atoms with Crippen LogP contribution in [0.25, 0.3) is 0 Å². The first-order valence-electron chi connectivity index (χ1n) is 6.03. The molecule has 112 valence electrons. The van der Waals surface area contributed by atoms with Gasteiger partial charge >= 0.3 is 6.18 Å². The molecule has 1 fully saturated rings. The van der Waals surface area contributed by atoms with Gasteiger partial charge in [0.05, 0.1) is 10.5 Å². The number of halogens is 4. The third-order valence-electron chi connectivity index (χ3n) is 3.13. The highest BCUT2D eigenvalue weighted by molar-refractivity contribution is 9.09. The Bertz CT molecular complexity index is 589. The SMILES string of the molecule is O=S(=O)(c1cccc(C(F)(F)F)c1)N1CCCC(Br)C1. The van der Waals surface area contributed by atoms with E-state index in [0.29, 0.717) is 19.0 Å². The van der Waals surface area contributed by atoms with E-state index in [1.165, 1.54) is 10.4 Å². The van der Waals surface area contributed by atoms with Gasteiger partial charge in [0.2, 0.25) is 10.0 Å². The molecular formula is C12H13BrF3NO2S. The van der Waals surface area contributed by atoms with Crippen LogP contribution in [-0.4, -0.2) is 30.6 Å². The molecule has 1 aliphatic rings. The predicted molar refractivity (Wildman–Crippen MR) is 72.2 cm³/mol. The number of nitrogens with zero attached hydrogens (tertiary/aromatic N) is 1. The normalized spacial score (nSPS) is 21.9. The topological polar surface area (TPSA) is 37.4 Å². The van der Waals surface area contributed by atoms with Crippen LogP contribution < -0.4 is 0 Å². The van der Waals surface area contributed by atoms with Gasteiger partial charge < -0.3 is 0 Å². The predicted octanol–water partition coefficient (Wildman–Crippen LogP) is 3.25. The average molecular weight is 372 g/mol. The lowest BCUT2D eigenvalue weighted by Crippen LogP contribution is -2.40. The summed E-state index contributed by atoms with van der Waals surface area (Å²) in [5.74, 6) is 0. The van der Waals surface area contributed by atoms with Gasteiger partial charge in [-0.25, -0.2) is 8.42 Å². The first kappa shape index (κ1) is 15.8. The molecule has 3 nitrogen and oxygen atoms in total.